The lowest BCUT2D eigenvalue weighted by molar-refractivity contribution is -0.128. The molecule has 0 aromatic heterocycles. The topological polar surface area (TPSA) is 73.5 Å². The predicted octanol–water partition coefficient (Wildman–Crippen LogP) is 1.06. The third kappa shape index (κ3) is 4.47. The van der Waals surface area contributed by atoms with Crippen molar-refractivity contribution in [2.24, 2.45) is 5.92 Å². The van der Waals surface area contributed by atoms with Crippen LogP contribution >= 0.6 is 11.6 Å². The molecule has 2 aliphatic rings. The number of hydrogen-bond donors (Lipinski definition) is 3. The number of amides is 2. The Morgan fingerprint density at radius 3 is 3.08 bits per heavy atom. The van der Waals surface area contributed by atoms with Gasteiger partial charge in [0.25, 0.3) is 0 Å². The van der Waals surface area contributed by atoms with Crippen LogP contribution in [0.3, 0.4) is 0 Å². The summed E-state index contributed by atoms with van der Waals surface area (Å²) in [5.74, 6) is 0.0644. The van der Waals surface area contributed by atoms with Gasteiger partial charge in [0.2, 0.25) is 11.8 Å². The number of rotatable bonds is 4. The molecule has 1 aromatic rings. The van der Waals surface area contributed by atoms with Gasteiger partial charge in [-0.2, -0.15) is 0 Å². The van der Waals surface area contributed by atoms with Crippen molar-refractivity contribution in [2.45, 2.75) is 31.8 Å². The van der Waals surface area contributed by atoms with Gasteiger partial charge >= 0.3 is 0 Å². The average Bonchev–Trinajstić information content (AvgIpc) is 2.60. The quantitative estimate of drug-likeness (QED) is 0.759. The Kier molecular flexibility index (Phi) is 5.71. The maximum Gasteiger partial charge on any atom is 0.235 e. The second-order valence-electron chi connectivity index (χ2n) is 6.47. The number of benzene rings is 1. The van der Waals surface area contributed by atoms with E-state index in [0.717, 1.165) is 31.5 Å². The van der Waals surface area contributed by atoms with Gasteiger partial charge in [0.1, 0.15) is 0 Å². The lowest BCUT2D eigenvalue weighted by Gasteiger charge is -2.39. The summed E-state index contributed by atoms with van der Waals surface area (Å²) in [6.07, 6.45) is 2.36. The molecule has 24 heavy (non-hydrogen) atoms. The lowest BCUT2D eigenvalue weighted by atomic mass is 9.94. The fourth-order valence-electron chi connectivity index (χ4n) is 3.40. The van der Waals surface area contributed by atoms with Crippen molar-refractivity contribution < 1.29 is 9.59 Å². The Hall–Kier alpha value is -1.63. The second-order valence-corrected chi connectivity index (χ2v) is 6.91. The monoisotopic (exact) mass is 350 g/mol. The zero-order valence-electron chi connectivity index (χ0n) is 13.6. The summed E-state index contributed by atoms with van der Waals surface area (Å²) < 4.78 is 0. The molecule has 0 saturated carbocycles. The van der Waals surface area contributed by atoms with E-state index in [9.17, 15) is 9.59 Å². The molecule has 0 spiro atoms. The molecule has 6 nitrogen and oxygen atoms in total. The standard InChI is InChI=1S/C17H23ClN4O2/c18-14-5-1-3-12(7-14)9-19-17(24)13-4-2-6-22(11-13)15-8-16(23)21-20-10-15/h1,3,5,7,13,15,20H,2,4,6,8-11H2,(H,19,24)(H,21,23). The largest absolute Gasteiger partial charge is 0.352 e. The number of piperidine rings is 1. The molecule has 3 N–H and O–H groups in total. The van der Waals surface area contributed by atoms with Crippen molar-refractivity contribution in [1.82, 2.24) is 21.1 Å². The van der Waals surface area contributed by atoms with Crippen LogP contribution in [0, 0.1) is 5.92 Å². The maximum atomic E-state index is 12.5. The third-order valence-corrected chi connectivity index (χ3v) is 4.92. The molecule has 0 aliphatic carbocycles. The minimum absolute atomic E-state index is 0.0128. The van der Waals surface area contributed by atoms with E-state index >= 15 is 0 Å². The number of hydrazine groups is 1. The van der Waals surface area contributed by atoms with Crippen LogP contribution in [0.1, 0.15) is 24.8 Å². The van der Waals surface area contributed by atoms with E-state index in [0.29, 0.717) is 24.5 Å². The molecule has 2 aliphatic heterocycles. The Balaban J connectivity index is 1.52. The van der Waals surface area contributed by atoms with Crippen molar-refractivity contribution in [2.75, 3.05) is 19.6 Å². The Morgan fingerprint density at radius 1 is 1.42 bits per heavy atom. The van der Waals surface area contributed by atoms with E-state index in [1.807, 2.05) is 24.3 Å². The van der Waals surface area contributed by atoms with Gasteiger partial charge in [0.15, 0.2) is 0 Å². The molecule has 2 heterocycles. The van der Waals surface area contributed by atoms with E-state index in [-0.39, 0.29) is 23.8 Å². The molecule has 2 unspecified atom stereocenters. The summed E-state index contributed by atoms with van der Waals surface area (Å²) >= 11 is 5.97. The van der Waals surface area contributed by atoms with Crippen molar-refractivity contribution in [3.05, 3.63) is 34.9 Å². The molecule has 0 bridgehead atoms. The van der Waals surface area contributed by atoms with Crippen LogP contribution < -0.4 is 16.2 Å². The highest BCUT2D eigenvalue weighted by Gasteiger charge is 2.32. The van der Waals surface area contributed by atoms with Crippen LogP contribution in [-0.2, 0) is 16.1 Å². The summed E-state index contributed by atoms with van der Waals surface area (Å²) in [5.41, 5.74) is 6.54. The van der Waals surface area contributed by atoms with E-state index in [4.69, 9.17) is 11.6 Å². The van der Waals surface area contributed by atoms with Crippen molar-refractivity contribution in [1.29, 1.82) is 0 Å². The number of hydrogen-bond acceptors (Lipinski definition) is 4. The molecule has 1 aromatic carbocycles. The van der Waals surface area contributed by atoms with Crippen LogP contribution in [0.25, 0.3) is 0 Å². The first kappa shape index (κ1) is 17.2. The van der Waals surface area contributed by atoms with Gasteiger partial charge in [0, 0.05) is 37.1 Å². The normalized spacial score (nSPS) is 25.1. The smallest absolute Gasteiger partial charge is 0.235 e. The number of nitrogens with zero attached hydrogens (tertiary/aromatic N) is 1. The van der Waals surface area contributed by atoms with Crippen molar-refractivity contribution in [3.63, 3.8) is 0 Å². The molecule has 130 valence electrons. The van der Waals surface area contributed by atoms with Gasteiger partial charge in [-0.05, 0) is 37.1 Å². The maximum absolute atomic E-state index is 12.5. The van der Waals surface area contributed by atoms with Crippen molar-refractivity contribution in [3.8, 4) is 0 Å². The summed E-state index contributed by atoms with van der Waals surface area (Å²) in [7, 11) is 0. The molecule has 3 rings (SSSR count). The van der Waals surface area contributed by atoms with Gasteiger partial charge in [0.05, 0.1) is 5.92 Å². The lowest BCUT2D eigenvalue weighted by Crippen LogP contribution is -2.57. The van der Waals surface area contributed by atoms with E-state index in [2.05, 4.69) is 21.1 Å². The Labute approximate surface area is 146 Å². The molecule has 2 saturated heterocycles. The van der Waals surface area contributed by atoms with Crippen LogP contribution in [0.15, 0.2) is 24.3 Å². The van der Waals surface area contributed by atoms with E-state index in [1.165, 1.54) is 0 Å². The highest BCUT2D eigenvalue weighted by molar-refractivity contribution is 6.30. The van der Waals surface area contributed by atoms with Gasteiger partial charge in [-0.3, -0.25) is 19.9 Å². The van der Waals surface area contributed by atoms with Gasteiger partial charge < -0.3 is 5.32 Å². The van der Waals surface area contributed by atoms with Crippen LogP contribution in [-0.4, -0.2) is 42.4 Å². The SMILES string of the molecule is O=C1CC(N2CCCC(C(=O)NCc3cccc(Cl)c3)C2)CNN1. The molecular formula is C17H23ClN4O2. The highest BCUT2D eigenvalue weighted by atomic mass is 35.5. The minimum Gasteiger partial charge on any atom is -0.352 e. The van der Waals surface area contributed by atoms with Gasteiger partial charge in [-0.15, -0.1) is 0 Å². The summed E-state index contributed by atoms with van der Waals surface area (Å²) in [6.45, 7) is 2.87. The average molecular weight is 351 g/mol. The summed E-state index contributed by atoms with van der Waals surface area (Å²) in [5, 5.41) is 3.68. The summed E-state index contributed by atoms with van der Waals surface area (Å²) in [4.78, 5) is 26.3. The first-order valence-electron chi connectivity index (χ1n) is 8.40. The van der Waals surface area contributed by atoms with Crippen molar-refractivity contribution >= 4 is 23.4 Å². The molecule has 7 heteroatoms. The Bertz CT molecular complexity index is 610. The van der Waals surface area contributed by atoms with Gasteiger partial charge in [-0.1, -0.05) is 23.7 Å². The number of carbonyl (C=O) groups is 2. The zero-order valence-corrected chi connectivity index (χ0v) is 14.3. The first-order valence-corrected chi connectivity index (χ1v) is 8.77. The Morgan fingerprint density at radius 2 is 2.29 bits per heavy atom. The number of nitrogens with one attached hydrogen (secondary N) is 3. The van der Waals surface area contributed by atoms with Gasteiger partial charge in [-0.25, -0.2) is 5.43 Å². The summed E-state index contributed by atoms with van der Waals surface area (Å²) in [6, 6.07) is 7.68. The molecule has 2 fully saturated rings. The molecule has 2 amide bonds. The number of carbonyl (C=O) groups excluding carboxylic acids is 2. The molecule has 0 radical (unpaired) electrons. The van der Waals surface area contributed by atoms with E-state index < -0.39 is 0 Å². The number of halogens is 1. The van der Waals surface area contributed by atoms with Crippen LogP contribution in [0.2, 0.25) is 5.02 Å². The molecule has 2 atom stereocenters. The highest BCUT2D eigenvalue weighted by Crippen LogP contribution is 2.21. The fraction of sp³-hybridized carbons (Fsp3) is 0.529. The van der Waals surface area contributed by atoms with Crippen LogP contribution in [0.5, 0.6) is 0 Å². The molecular weight excluding hydrogens is 328 g/mol. The first-order chi connectivity index (χ1) is 11.6. The number of likely N-dealkylation sites (tertiary alicyclic amines) is 1. The minimum atomic E-state index is -0.0251. The second kappa shape index (κ2) is 7.96. The fourth-order valence-corrected chi connectivity index (χ4v) is 3.61. The third-order valence-electron chi connectivity index (χ3n) is 4.68. The predicted molar refractivity (Wildman–Crippen MR) is 92.1 cm³/mol. The van der Waals surface area contributed by atoms with E-state index in [1.54, 1.807) is 0 Å². The zero-order chi connectivity index (χ0) is 16.9. The van der Waals surface area contributed by atoms with Crippen LogP contribution in [0.4, 0.5) is 0 Å².